The Morgan fingerprint density at radius 1 is 0.938 bits per heavy atom. The zero-order valence-electron chi connectivity index (χ0n) is 16.6. The van der Waals surface area contributed by atoms with Gasteiger partial charge in [0.25, 0.3) is 11.8 Å². The van der Waals surface area contributed by atoms with Crippen molar-refractivity contribution < 1.29 is 32.2 Å². The van der Waals surface area contributed by atoms with E-state index in [1.165, 1.54) is 25.1 Å². The fraction of sp³-hybridized carbons (Fsp3) is 0.143. The van der Waals surface area contributed by atoms with Crippen LogP contribution >= 0.6 is 0 Å². The number of primary amides is 2. The highest BCUT2D eigenvalue weighted by Gasteiger charge is 2.30. The molecule has 0 spiro atoms. The lowest BCUT2D eigenvalue weighted by atomic mass is 10.2. The largest absolute Gasteiger partial charge is 0.464 e. The van der Waals surface area contributed by atoms with Crippen molar-refractivity contribution in [1.82, 2.24) is 9.97 Å². The van der Waals surface area contributed by atoms with Gasteiger partial charge < -0.3 is 20.9 Å². The summed E-state index contributed by atoms with van der Waals surface area (Å²) in [5.41, 5.74) is 10.0. The molecule has 1 aromatic heterocycles. The van der Waals surface area contributed by atoms with Gasteiger partial charge in [-0.1, -0.05) is 0 Å². The first-order valence-electron chi connectivity index (χ1n) is 9.13. The molecule has 2 amide bonds. The quantitative estimate of drug-likeness (QED) is 0.573. The first-order chi connectivity index (χ1) is 15.0. The molecule has 1 heterocycles. The number of rotatable bonds is 7. The zero-order valence-corrected chi connectivity index (χ0v) is 16.6. The maximum Gasteiger partial charge on any atom is 0.416 e. The van der Waals surface area contributed by atoms with Crippen LogP contribution in [-0.4, -0.2) is 27.9 Å². The molecule has 32 heavy (non-hydrogen) atoms. The summed E-state index contributed by atoms with van der Waals surface area (Å²) in [5, 5.41) is 0. The second kappa shape index (κ2) is 8.92. The number of carbonyl (C=O) groups is 2. The number of nitrogens with zero attached hydrogens (tertiary/aromatic N) is 2. The van der Waals surface area contributed by atoms with Crippen molar-refractivity contribution in [1.29, 1.82) is 0 Å². The van der Waals surface area contributed by atoms with Gasteiger partial charge in [-0.05, 0) is 55.5 Å². The summed E-state index contributed by atoms with van der Waals surface area (Å²) in [6.45, 7) is 1.42. The van der Waals surface area contributed by atoms with Crippen LogP contribution in [0.3, 0.4) is 0 Å². The first kappa shape index (κ1) is 22.5. The van der Waals surface area contributed by atoms with E-state index < -0.39 is 29.7 Å². The van der Waals surface area contributed by atoms with Crippen molar-refractivity contribution in [3.63, 3.8) is 0 Å². The van der Waals surface area contributed by atoms with Gasteiger partial charge in [0.15, 0.2) is 11.9 Å². The molecule has 166 valence electrons. The van der Waals surface area contributed by atoms with E-state index in [4.69, 9.17) is 20.9 Å². The minimum absolute atomic E-state index is 0.0693. The van der Waals surface area contributed by atoms with E-state index >= 15 is 0 Å². The van der Waals surface area contributed by atoms with Gasteiger partial charge in [0.2, 0.25) is 5.88 Å². The van der Waals surface area contributed by atoms with Crippen LogP contribution in [-0.2, 0) is 11.0 Å². The summed E-state index contributed by atoms with van der Waals surface area (Å²) in [4.78, 5) is 31.1. The van der Waals surface area contributed by atoms with Crippen LogP contribution in [0.15, 0.2) is 54.6 Å². The molecule has 0 saturated carbocycles. The zero-order chi connectivity index (χ0) is 23.5. The molecule has 0 aliphatic rings. The van der Waals surface area contributed by atoms with E-state index in [1.54, 1.807) is 24.3 Å². The van der Waals surface area contributed by atoms with Crippen molar-refractivity contribution in [3.05, 3.63) is 65.9 Å². The van der Waals surface area contributed by atoms with Crippen LogP contribution in [0.4, 0.5) is 13.2 Å². The Bertz CT molecular complexity index is 1130. The predicted octanol–water partition coefficient (Wildman–Crippen LogP) is 3.31. The molecule has 1 atom stereocenters. The van der Waals surface area contributed by atoms with Crippen molar-refractivity contribution in [2.75, 3.05) is 0 Å². The summed E-state index contributed by atoms with van der Waals surface area (Å²) >= 11 is 0. The number of nitrogens with two attached hydrogens (primary N) is 2. The van der Waals surface area contributed by atoms with E-state index in [-0.39, 0.29) is 23.1 Å². The number of halogens is 3. The third-order valence-corrected chi connectivity index (χ3v) is 4.18. The molecule has 0 aliphatic heterocycles. The number of amides is 2. The van der Waals surface area contributed by atoms with E-state index in [0.29, 0.717) is 11.3 Å². The summed E-state index contributed by atoms with van der Waals surface area (Å²) in [6.07, 6.45) is -5.43. The van der Waals surface area contributed by atoms with Crippen LogP contribution in [0.1, 0.15) is 23.0 Å². The van der Waals surface area contributed by atoms with E-state index in [2.05, 4.69) is 9.97 Å². The van der Waals surface area contributed by atoms with E-state index in [0.717, 1.165) is 12.1 Å². The number of hydrogen-bond acceptors (Lipinski definition) is 6. The SMILES string of the molecule is CC(Oc1cc(C(N)=O)nc(-c2ccc(Oc3ccc(C(F)(F)F)cc3)cc2)n1)C(N)=O. The van der Waals surface area contributed by atoms with Crippen molar-refractivity contribution in [2.24, 2.45) is 11.5 Å². The van der Waals surface area contributed by atoms with Crippen LogP contribution in [0.5, 0.6) is 17.4 Å². The van der Waals surface area contributed by atoms with Gasteiger partial charge >= 0.3 is 6.18 Å². The maximum atomic E-state index is 12.7. The third-order valence-electron chi connectivity index (χ3n) is 4.18. The molecule has 11 heteroatoms. The number of carbonyl (C=O) groups excluding carboxylic acids is 2. The number of ether oxygens (including phenoxy) is 2. The molecule has 0 fully saturated rings. The fourth-order valence-electron chi connectivity index (χ4n) is 2.50. The molecule has 3 rings (SSSR count). The molecule has 2 aromatic carbocycles. The monoisotopic (exact) mass is 446 g/mol. The highest BCUT2D eigenvalue weighted by molar-refractivity contribution is 5.91. The van der Waals surface area contributed by atoms with Gasteiger partial charge in [0.05, 0.1) is 5.56 Å². The number of benzene rings is 2. The lowest BCUT2D eigenvalue weighted by molar-refractivity contribution is -0.137. The Morgan fingerprint density at radius 3 is 2.00 bits per heavy atom. The lowest BCUT2D eigenvalue weighted by Crippen LogP contribution is -2.31. The van der Waals surface area contributed by atoms with Gasteiger partial charge in [-0.25, -0.2) is 4.98 Å². The second-order valence-electron chi connectivity index (χ2n) is 6.59. The van der Waals surface area contributed by atoms with E-state index in [9.17, 15) is 22.8 Å². The van der Waals surface area contributed by atoms with Gasteiger partial charge in [-0.2, -0.15) is 18.2 Å². The summed E-state index contributed by atoms with van der Waals surface area (Å²) in [5.74, 6) is -0.968. The Balaban J connectivity index is 1.82. The normalized spacial score (nSPS) is 12.1. The molecule has 8 nitrogen and oxygen atoms in total. The smallest absolute Gasteiger partial charge is 0.416 e. The molecule has 0 bridgehead atoms. The lowest BCUT2D eigenvalue weighted by Gasteiger charge is -2.12. The maximum absolute atomic E-state index is 12.7. The van der Waals surface area contributed by atoms with Crippen LogP contribution in [0.25, 0.3) is 11.4 Å². The van der Waals surface area contributed by atoms with Crippen molar-refractivity contribution in [2.45, 2.75) is 19.2 Å². The minimum atomic E-state index is -4.43. The topological polar surface area (TPSA) is 130 Å². The molecule has 0 saturated heterocycles. The van der Waals surface area contributed by atoms with Crippen LogP contribution in [0, 0.1) is 0 Å². The minimum Gasteiger partial charge on any atom is -0.464 e. The van der Waals surface area contributed by atoms with Gasteiger partial charge in [0, 0.05) is 11.6 Å². The average Bonchev–Trinajstić information content (AvgIpc) is 2.73. The first-order valence-corrected chi connectivity index (χ1v) is 9.13. The summed E-state index contributed by atoms with van der Waals surface area (Å²) in [7, 11) is 0. The van der Waals surface area contributed by atoms with Gasteiger partial charge in [-0.15, -0.1) is 0 Å². The Morgan fingerprint density at radius 2 is 1.50 bits per heavy atom. The predicted molar refractivity (Wildman–Crippen MR) is 107 cm³/mol. The van der Waals surface area contributed by atoms with E-state index in [1.807, 2.05) is 0 Å². The average molecular weight is 446 g/mol. The molecule has 0 aliphatic carbocycles. The fourth-order valence-corrected chi connectivity index (χ4v) is 2.50. The molecule has 4 N–H and O–H groups in total. The van der Waals surface area contributed by atoms with Gasteiger partial charge in [0.1, 0.15) is 17.2 Å². The molecular formula is C21H17F3N4O4. The van der Waals surface area contributed by atoms with Crippen molar-refractivity contribution >= 4 is 11.8 Å². The second-order valence-corrected chi connectivity index (χ2v) is 6.59. The number of alkyl halides is 3. The van der Waals surface area contributed by atoms with Crippen LogP contribution < -0.4 is 20.9 Å². The third kappa shape index (κ3) is 5.50. The number of hydrogen-bond donors (Lipinski definition) is 2. The Kier molecular flexibility index (Phi) is 6.28. The summed E-state index contributed by atoms with van der Waals surface area (Å²) in [6, 6.07) is 11.7. The highest BCUT2D eigenvalue weighted by atomic mass is 19.4. The molecular weight excluding hydrogens is 429 g/mol. The number of aromatic nitrogens is 2. The summed E-state index contributed by atoms with van der Waals surface area (Å²) < 4.78 is 48.8. The molecule has 3 aromatic rings. The van der Waals surface area contributed by atoms with Crippen molar-refractivity contribution in [3.8, 4) is 28.8 Å². The molecule has 1 unspecified atom stereocenters. The van der Waals surface area contributed by atoms with Gasteiger partial charge in [-0.3, -0.25) is 9.59 Å². The Labute approximate surface area is 180 Å². The Hall–Kier alpha value is -4.15. The molecule has 0 radical (unpaired) electrons. The van der Waals surface area contributed by atoms with Crippen LogP contribution in [0.2, 0.25) is 0 Å². The highest BCUT2D eigenvalue weighted by Crippen LogP contribution is 2.32. The standard InChI is InChI=1S/C21H17F3N4O4/c1-11(18(25)29)31-17-10-16(19(26)30)27-20(28-17)12-2-6-14(7-3-12)32-15-8-4-13(5-9-15)21(22,23)24/h2-11H,1H3,(H2,25,29)(H2,26,30).